The molecule has 0 unspecified atom stereocenters. The van der Waals surface area contributed by atoms with Crippen LogP contribution in [0.4, 0.5) is 5.69 Å². The largest absolute Gasteiger partial charge is 0.464 e. The number of nitrogens with one attached hydrogen (secondary N) is 1. The molecule has 0 saturated carbocycles. The summed E-state index contributed by atoms with van der Waals surface area (Å²) in [5.74, 6) is 0.761. The van der Waals surface area contributed by atoms with Crippen molar-refractivity contribution in [2.75, 3.05) is 4.72 Å². The SMILES string of the molecule is Cc1cc(C)c(NS(=O)(=O)c2cc(CN)oc2C)c(Br)c1. The fourth-order valence-corrected chi connectivity index (χ4v) is 4.39. The zero-order valence-corrected chi connectivity index (χ0v) is 14.4. The van der Waals surface area contributed by atoms with Gasteiger partial charge in [-0.3, -0.25) is 4.72 Å². The quantitative estimate of drug-likeness (QED) is 0.862. The van der Waals surface area contributed by atoms with Crippen molar-refractivity contribution >= 4 is 31.6 Å². The van der Waals surface area contributed by atoms with Gasteiger partial charge in [0.25, 0.3) is 10.0 Å². The van der Waals surface area contributed by atoms with Crippen molar-refractivity contribution in [2.24, 2.45) is 5.73 Å². The van der Waals surface area contributed by atoms with Crippen LogP contribution in [0.2, 0.25) is 0 Å². The summed E-state index contributed by atoms with van der Waals surface area (Å²) < 4.78 is 33.6. The van der Waals surface area contributed by atoms with Gasteiger partial charge in [0.2, 0.25) is 0 Å². The number of furan rings is 1. The highest BCUT2D eigenvalue weighted by Gasteiger charge is 2.23. The molecule has 0 amide bonds. The molecule has 1 aromatic carbocycles. The monoisotopic (exact) mass is 372 g/mol. The molecule has 0 bridgehead atoms. The number of nitrogens with two attached hydrogens (primary N) is 1. The van der Waals surface area contributed by atoms with E-state index in [-0.39, 0.29) is 11.4 Å². The van der Waals surface area contributed by atoms with Crippen LogP contribution in [0, 0.1) is 20.8 Å². The van der Waals surface area contributed by atoms with E-state index in [1.807, 2.05) is 26.0 Å². The van der Waals surface area contributed by atoms with E-state index < -0.39 is 10.0 Å². The highest BCUT2D eigenvalue weighted by Crippen LogP contribution is 2.31. The minimum absolute atomic E-state index is 0.106. The molecular formula is C14H17BrN2O3S. The third-order valence-electron chi connectivity index (χ3n) is 3.08. The van der Waals surface area contributed by atoms with E-state index in [0.29, 0.717) is 21.7 Å². The number of aryl methyl sites for hydroxylation is 3. The van der Waals surface area contributed by atoms with Crippen LogP contribution in [0.15, 0.2) is 32.0 Å². The fourth-order valence-electron chi connectivity index (χ4n) is 2.13. The Hall–Kier alpha value is -1.31. The summed E-state index contributed by atoms with van der Waals surface area (Å²) in [6.45, 7) is 5.56. The molecule has 0 radical (unpaired) electrons. The molecule has 0 spiro atoms. The van der Waals surface area contributed by atoms with Gasteiger partial charge in [0.15, 0.2) is 0 Å². The van der Waals surface area contributed by atoms with Gasteiger partial charge in [-0.1, -0.05) is 6.07 Å². The van der Waals surface area contributed by atoms with Gasteiger partial charge in [0.1, 0.15) is 16.4 Å². The third kappa shape index (κ3) is 3.30. The predicted octanol–water partition coefficient (Wildman–Crippen LogP) is 3.23. The van der Waals surface area contributed by atoms with Crippen molar-refractivity contribution in [3.8, 4) is 0 Å². The lowest BCUT2D eigenvalue weighted by molar-refractivity contribution is 0.479. The van der Waals surface area contributed by atoms with Gasteiger partial charge in [-0.25, -0.2) is 8.42 Å². The Kier molecular flexibility index (Phi) is 4.46. The second kappa shape index (κ2) is 5.82. The molecule has 5 nitrogen and oxygen atoms in total. The number of hydrogen-bond acceptors (Lipinski definition) is 4. The standard InChI is InChI=1S/C14H17BrN2O3S/c1-8-4-9(2)14(12(15)5-8)17-21(18,19)13-6-11(7-16)20-10(13)3/h4-6,17H,7,16H2,1-3H3. The Balaban J connectivity index is 2.44. The van der Waals surface area contributed by atoms with Gasteiger partial charge >= 0.3 is 0 Å². The Morgan fingerprint density at radius 1 is 1.24 bits per heavy atom. The number of rotatable bonds is 4. The second-order valence-corrected chi connectivity index (χ2v) is 7.39. The van der Waals surface area contributed by atoms with Crippen molar-refractivity contribution in [1.29, 1.82) is 0 Å². The zero-order valence-electron chi connectivity index (χ0n) is 12.0. The average Bonchev–Trinajstić information content (AvgIpc) is 2.76. The topological polar surface area (TPSA) is 85.3 Å². The zero-order chi connectivity index (χ0) is 15.8. The van der Waals surface area contributed by atoms with Crippen LogP contribution < -0.4 is 10.5 Å². The molecule has 7 heteroatoms. The molecule has 114 valence electrons. The maximum absolute atomic E-state index is 12.5. The Morgan fingerprint density at radius 2 is 1.90 bits per heavy atom. The molecule has 0 aliphatic rings. The van der Waals surface area contributed by atoms with Crippen LogP contribution in [0.5, 0.6) is 0 Å². The van der Waals surface area contributed by atoms with Gasteiger partial charge < -0.3 is 10.2 Å². The fraction of sp³-hybridized carbons (Fsp3) is 0.286. The van der Waals surface area contributed by atoms with Gasteiger partial charge in [-0.05, 0) is 53.9 Å². The van der Waals surface area contributed by atoms with Crippen molar-refractivity contribution in [1.82, 2.24) is 0 Å². The highest BCUT2D eigenvalue weighted by molar-refractivity contribution is 9.10. The van der Waals surface area contributed by atoms with Crippen LogP contribution in [0.1, 0.15) is 22.6 Å². The van der Waals surface area contributed by atoms with E-state index >= 15 is 0 Å². The maximum Gasteiger partial charge on any atom is 0.265 e. The van der Waals surface area contributed by atoms with Gasteiger partial charge in [-0.2, -0.15) is 0 Å². The van der Waals surface area contributed by atoms with Crippen LogP contribution in [0.3, 0.4) is 0 Å². The minimum Gasteiger partial charge on any atom is -0.464 e. The lowest BCUT2D eigenvalue weighted by Crippen LogP contribution is -2.14. The smallest absolute Gasteiger partial charge is 0.265 e. The average molecular weight is 373 g/mol. The number of benzene rings is 1. The van der Waals surface area contributed by atoms with E-state index in [0.717, 1.165) is 11.1 Å². The number of anilines is 1. The van der Waals surface area contributed by atoms with Crippen molar-refractivity contribution in [3.05, 3.63) is 45.3 Å². The molecule has 1 heterocycles. The molecule has 0 saturated heterocycles. The van der Waals surface area contributed by atoms with Crippen LogP contribution in [-0.2, 0) is 16.6 Å². The molecule has 1 aromatic heterocycles. The molecule has 0 fully saturated rings. The molecular weight excluding hydrogens is 356 g/mol. The summed E-state index contributed by atoms with van der Waals surface area (Å²) in [6, 6.07) is 5.23. The number of halogens is 1. The Morgan fingerprint density at radius 3 is 2.43 bits per heavy atom. The molecule has 0 aliphatic heterocycles. The summed E-state index contributed by atoms with van der Waals surface area (Å²) in [5.41, 5.74) is 7.89. The van der Waals surface area contributed by atoms with Crippen LogP contribution in [-0.4, -0.2) is 8.42 Å². The first kappa shape index (κ1) is 16.1. The molecule has 2 aromatic rings. The molecule has 3 N–H and O–H groups in total. The highest BCUT2D eigenvalue weighted by atomic mass is 79.9. The lowest BCUT2D eigenvalue weighted by Gasteiger charge is -2.12. The predicted molar refractivity (Wildman–Crippen MR) is 85.8 cm³/mol. The van der Waals surface area contributed by atoms with E-state index in [1.165, 1.54) is 6.07 Å². The van der Waals surface area contributed by atoms with Gasteiger partial charge in [0, 0.05) is 10.5 Å². The summed E-state index contributed by atoms with van der Waals surface area (Å²) in [4.78, 5) is 0.106. The summed E-state index contributed by atoms with van der Waals surface area (Å²) in [6.07, 6.45) is 0. The van der Waals surface area contributed by atoms with E-state index in [2.05, 4.69) is 20.7 Å². The van der Waals surface area contributed by atoms with E-state index in [9.17, 15) is 8.42 Å². The second-order valence-electron chi connectivity index (χ2n) is 4.88. The number of sulfonamides is 1. The minimum atomic E-state index is -3.72. The third-order valence-corrected chi connectivity index (χ3v) is 5.16. The molecule has 21 heavy (non-hydrogen) atoms. The van der Waals surface area contributed by atoms with Crippen LogP contribution in [0.25, 0.3) is 0 Å². The molecule has 0 atom stereocenters. The first-order chi connectivity index (χ1) is 9.74. The summed E-state index contributed by atoms with van der Waals surface area (Å²) >= 11 is 3.39. The van der Waals surface area contributed by atoms with Crippen LogP contribution >= 0.6 is 15.9 Å². The van der Waals surface area contributed by atoms with Crippen molar-refractivity contribution in [2.45, 2.75) is 32.2 Å². The Labute approximate surface area is 132 Å². The van der Waals surface area contributed by atoms with Crippen molar-refractivity contribution < 1.29 is 12.8 Å². The van der Waals surface area contributed by atoms with E-state index in [1.54, 1.807) is 6.92 Å². The lowest BCUT2D eigenvalue weighted by atomic mass is 10.1. The number of hydrogen-bond donors (Lipinski definition) is 2. The molecule has 0 aliphatic carbocycles. The first-order valence-corrected chi connectivity index (χ1v) is 8.61. The molecule has 2 rings (SSSR count). The summed E-state index contributed by atoms with van der Waals surface area (Å²) in [5, 5.41) is 0. The normalized spacial score (nSPS) is 11.7. The first-order valence-electron chi connectivity index (χ1n) is 6.33. The van der Waals surface area contributed by atoms with E-state index in [4.69, 9.17) is 10.2 Å². The van der Waals surface area contributed by atoms with Gasteiger partial charge in [0.05, 0.1) is 12.2 Å². The van der Waals surface area contributed by atoms with Crippen molar-refractivity contribution in [3.63, 3.8) is 0 Å². The maximum atomic E-state index is 12.5. The van der Waals surface area contributed by atoms with Gasteiger partial charge in [-0.15, -0.1) is 0 Å². The summed E-state index contributed by atoms with van der Waals surface area (Å²) in [7, 11) is -3.72. The Bertz CT molecular complexity index is 759.